The minimum atomic E-state index is -4.37. The summed E-state index contributed by atoms with van der Waals surface area (Å²) in [4.78, 5) is 0. The standard InChI is InChI=1S/C10H11F3O2/c1-7(6-14)15-9-4-2-3-8(5-9)10(11,12)13/h2-5,7,14H,6H2,1H3. The summed E-state index contributed by atoms with van der Waals surface area (Å²) >= 11 is 0. The van der Waals surface area contributed by atoms with Gasteiger partial charge in [0.05, 0.1) is 12.2 Å². The van der Waals surface area contributed by atoms with E-state index in [1.54, 1.807) is 6.92 Å². The molecule has 2 nitrogen and oxygen atoms in total. The molecule has 1 rings (SSSR count). The molecule has 15 heavy (non-hydrogen) atoms. The Labute approximate surface area is 85.3 Å². The lowest BCUT2D eigenvalue weighted by Crippen LogP contribution is -2.16. The summed E-state index contributed by atoms with van der Waals surface area (Å²) < 4.78 is 41.9. The maximum absolute atomic E-state index is 12.3. The van der Waals surface area contributed by atoms with Gasteiger partial charge in [-0.3, -0.25) is 0 Å². The first-order valence-electron chi connectivity index (χ1n) is 4.38. The van der Waals surface area contributed by atoms with Crippen LogP contribution in [0.25, 0.3) is 0 Å². The van der Waals surface area contributed by atoms with E-state index in [4.69, 9.17) is 9.84 Å². The van der Waals surface area contributed by atoms with Crippen molar-refractivity contribution in [3.8, 4) is 5.75 Å². The quantitative estimate of drug-likeness (QED) is 0.847. The first-order valence-corrected chi connectivity index (χ1v) is 4.38. The van der Waals surface area contributed by atoms with Crippen molar-refractivity contribution in [2.75, 3.05) is 6.61 Å². The van der Waals surface area contributed by atoms with Crippen LogP contribution in [0.4, 0.5) is 13.2 Å². The zero-order valence-electron chi connectivity index (χ0n) is 8.08. The molecule has 5 heteroatoms. The van der Waals surface area contributed by atoms with Gasteiger partial charge in [0.15, 0.2) is 0 Å². The minimum absolute atomic E-state index is 0.103. The molecule has 1 unspecified atom stereocenters. The van der Waals surface area contributed by atoms with Crippen molar-refractivity contribution in [3.63, 3.8) is 0 Å². The van der Waals surface area contributed by atoms with Gasteiger partial charge in [0.2, 0.25) is 0 Å². The summed E-state index contributed by atoms with van der Waals surface area (Å²) in [6.07, 6.45) is -4.89. The van der Waals surface area contributed by atoms with E-state index >= 15 is 0 Å². The molecular formula is C10H11F3O2. The van der Waals surface area contributed by atoms with Gasteiger partial charge in [0, 0.05) is 0 Å². The van der Waals surface area contributed by atoms with Crippen molar-refractivity contribution in [2.24, 2.45) is 0 Å². The van der Waals surface area contributed by atoms with E-state index in [2.05, 4.69) is 0 Å². The van der Waals surface area contributed by atoms with Crippen molar-refractivity contribution >= 4 is 0 Å². The summed E-state index contributed by atoms with van der Waals surface area (Å²) in [6, 6.07) is 4.56. The second kappa shape index (κ2) is 4.53. The highest BCUT2D eigenvalue weighted by Gasteiger charge is 2.30. The number of benzene rings is 1. The normalized spacial score (nSPS) is 13.7. The third kappa shape index (κ3) is 3.43. The first kappa shape index (κ1) is 11.8. The summed E-state index contributed by atoms with van der Waals surface area (Å²) in [6.45, 7) is 1.33. The smallest absolute Gasteiger partial charge is 0.416 e. The van der Waals surface area contributed by atoms with Crippen LogP contribution in [0.1, 0.15) is 12.5 Å². The Morgan fingerprint density at radius 2 is 2.07 bits per heavy atom. The predicted octanol–water partition coefficient (Wildman–Crippen LogP) is 2.47. The maximum atomic E-state index is 12.3. The van der Waals surface area contributed by atoms with E-state index in [1.807, 2.05) is 0 Å². The van der Waals surface area contributed by atoms with Crippen molar-refractivity contribution in [1.29, 1.82) is 0 Å². The zero-order chi connectivity index (χ0) is 11.5. The van der Waals surface area contributed by atoms with E-state index in [0.29, 0.717) is 0 Å². The van der Waals surface area contributed by atoms with Crippen molar-refractivity contribution < 1.29 is 23.0 Å². The molecule has 0 radical (unpaired) electrons. The number of aliphatic hydroxyl groups is 1. The molecule has 0 aromatic heterocycles. The third-order valence-electron chi connectivity index (χ3n) is 1.76. The van der Waals surface area contributed by atoms with E-state index < -0.39 is 17.8 Å². The Morgan fingerprint density at radius 3 is 2.60 bits per heavy atom. The van der Waals surface area contributed by atoms with Crippen molar-refractivity contribution in [3.05, 3.63) is 29.8 Å². The van der Waals surface area contributed by atoms with Gasteiger partial charge in [-0.1, -0.05) is 6.07 Å². The lowest BCUT2D eigenvalue weighted by Gasteiger charge is -2.13. The van der Waals surface area contributed by atoms with E-state index in [1.165, 1.54) is 12.1 Å². The lowest BCUT2D eigenvalue weighted by molar-refractivity contribution is -0.137. The zero-order valence-corrected chi connectivity index (χ0v) is 8.08. The molecule has 0 heterocycles. The Hall–Kier alpha value is -1.23. The van der Waals surface area contributed by atoms with Crippen LogP contribution in [0.5, 0.6) is 5.75 Å². The highest BCUT2D eigenvalue weighted by atomic mass is 19.4. The molecule has 84 valence electrons. The highest BCUT2D eigenvalue weighted by molar-refractivity contribution is 5.30. The van der Waals surface area contributed by atoms with Crippen LogP contribution in [0.2, 0.25) is 0 Å². The van der Waals surface area contributed by atoms with Crippen LogP contribution < -0.4 is 4.74 Å². The molecule has 0 aliphatic carbocycles. The minimum Gasteiger partial charge on any atom is -0.488 e. The fraction of sp³-hybridized carbons (Fsp3) is 0.400. The topological polar surface area (TPSA) is 29.5 Å². The van der Waals surface area contributed by atoms with Gasteiger partial charge in [0.25, 0.3) is 0 Å². The SMILES string of the molecule is CC(CO)Oc1cccc(C(F)(F)F)c1. The Bertz CT molecular complexity index is 323. The Kier molecular flexibility index (Phi) is 3.57. The second-order valence-electron chi connectivity index (χ2n) is 3.14. The molecule has 0 spiro atoms. The molecule has 1 atom stereocenters. The summed E-state index contributed by atoms with van der Waals surface area (Å²) in [7, 11) is 0. The number of aliphatic hydroxyl groups excluding tert-OH is 1. The molecule has 0 aliphatic rings. The monoisotopic (exact) mass is 220 g/mol. The van der Waals surface area contributed by atoms with Crippen molar-refractivity contribution in [2.45, 2.75) is 19.2 Å². The van der Waals surface area contributed by atoms with Crippen LogP contribution >= 0.6 is 0 Å². The molecule has 0 saturated heterocycles. The van der Waals surface area contributed by atoms with Gasteiger partial charge in [0.1, 0.15) is 11.9 Å². The molecule has 1 aromatic rings. The summed E-state index contributed by atoms with van der Waals surface area (Å²) in [5.41, 5.74) is -0.759. The van der Waals surface area contributed by atoms with Crippen LogP contribution in [0, 0.1) is 0 Å². The van der Waals surface area contributed by atoms with E-state index in [0.717, 1.165) is 12.1 Å². The molecule has 1 N–H and O–H groups in total. The van der Waals surface area contributed by atoms with E-state index in [-0.39, 0.29) is 12.4 Å². The number of halogens is 3. The molecule has 0 amide bonds. The predicted molar refractivity (Wildman–Crippen MR) is 48.6 cm³/mol. The number of hydrogen-bond acceptors (Lipinski definition) is 2. The Balaban J connectivity index is 2.84. The van der Waals surface area contributed by atoms with Gasteiger partial charge >= 0.3 is 6.18 Å². The fourth-order valence-corrected chi connectivity index (χ4v) is 1.02. The maximum Gasteiger partial charge on any atom is 0.416 e. The summed E-state index contributed by atoms with van der Waals surface area (Å²) in [5.74, 6) is 0.103. The summed E-state index contributed by atoms with van der Waals surface area (Å²) in [5, 5.41) is 8.68. The van der Waals surface area contributed by atoms with Gasteiger partial charge < -0.3 is 9.84 Å². The lowest BCUT2D eigenvalue weighted by atomic mass is 10.2. The van der Waals surface area contributed by atoms with Crippen molar-refractivity contribution in [1.82, 2.24) is 0 Å². The second-order valence-corrected chi connectivity index (χ2v) is 3.14. The third-order valence-corrected chi connectivity index (χ3v) is 1.76. The number of alkyl halides is 3. The molecule has 0 fully saturated rings. The van der Waals surface area contributed by atoms with Crippen LogP contribution in [-0.4, -0.2) is 17.8 Å². The van der Waals surface area contributed by atoms with Gasteiger partial charge in [-0.2, -0.15) is 13.2 Å². The van der Waals surface area contributed by atoms with Gasteiger partial charge in [-0.05, 0) is 25.1 Å². The van der Waals surface area contributed by atoms with Crippen LogP contribution in [0.15, 0.2) is 24.3 Å². The number of hydrogen-bond donors (Lipinski definition) is 1. The van der Waals surface area contributed by atoms with Crippen LogP contribution in [-0.2, 0) is 6.18 Å². The first-order chi connectivity index (χ1) is 6.93. The molecule has 0 aliphatic heterocycles. The van der Waals surface area contributed by atoms with Gasteiger partial charge in [-0.25, -0.2) is 0 Å². The largest absolute Gasteiger partial charge is 0.488 e. The highest BCUT2D eigenvalue weighted by Crippen LogP contribution is 2.31. The van der Waals surface area contributed by atoms with Gasteiger partial charge in [-0.15, -0.1) is 0 Å². The van der Waals surface area contributed by atoms with E-state index in [9.17, 15) is 13.2 Å². The molecule has 0 bridgehead atoms. The molecule has 0 saturated carbocycles. The fourth-order valence-electron chi connectivity index (χ4n) is 1.02. The average Bonchev–Trinajstić information content (AvgIpc) is 2.17. The molecule has 1 aromatic carbocycles. The number of ether oxygens (including phenoxy) is 1. The average molecular weight is 220 g/mol. The van der Waals surface area contributed by atoms with Crippen LogP contribution in [0.3, 0.4) is 0 Å². The molecular weight excluding hydrogens is 209 g/mol. The number of rotatable bonds is 3. The Morgan fingerprint density at radius 1 is 1.40 bits per heavy atom.